The zero-order valence-electron chi connectivity index (χ0n) is 23.1. The molecule has 0 bridgehead atoms. The predicted molar refractivity (Wildman–Crippen MR) is 156 cm³/mol. The first-order valence-corrected chi connectivity index (χ1v) is 14.8. The van der Waals surface area contributed by atoms with Gasteiger partial charge in [-0.1, -0.05) is 46.4 Å². The number of carbonyl (C=O) groups excluding carboxylic acids is 3. The molecule has 0 aromatic carbocycles. The number of ether oxygens (including phenoxy) is 2. The van der Waals surface area contributed by atoms with E-state index in [2.05, 4.69) is 19.4 Å². The van der Waals surface area contributed by atoms with Crippen LogP contribution in [0, 0.1) is 0 Å². The number of nitrogens with zero attached hydrogens (tertiary/aromatic N) is 3. The first-order valence-electron chi connectivity index (χ1n) is 12.0. The number of carbonyl (C=O) groups is 3. The van der Waals surface area contributed by atoms with Gasteiger partial charge in [-0.3, -0.25) is 14.4 Å². The minimum atomic E-state index is -5.20. The summed E-state index contributed by atoms with van der Waals surface area (Å²) < 4.78 is 72.6. The number of Topliss-reactive ketones (excluding diaryl/α,β-unsaturated/α-hetero) is 1. The van der Waals surface area contributed by atoms with E-state index in [-0.39, 0.29) is 77.4 Å². The smallest absolute Gasteiger partial charge is 0.308 e. The van der Waals surface area contributed by atoms with E-state index in [1.165, 1.54) is 19.2 Å². The van der Waals surface area contributed by atoms with Crippen LogP contribution in [0.3, 0.4) is 0 Å². The van der Waals surface area contributed by atoms with Crippen molar-refractivity contribution in [3.63, 3.8) is 0 Å². The molecule has 0 aliphatic rings. The van der Waals surface area contributed by atoms with Gasteiger partial charge in [0.05, 0.1) is 10.0 Å². The number of pyridine rings is 2. The fourth-order valence-electron chi connectivity index (χ4n) is 2.53. The molecule has 2 rings (SSSR count). The Morgan fingerprint density at radius 1 is 0.864 bits per heavy atom. The van der Waals surface area contributed by atoms with Gasteiger partial charge in [-0.2, -0.15) is 13.1 Å². The Kier molecular flexibility index (Phi) is 19.9. The van der Waals surface area contributed by atoms with Crippen molar-refractivity contribution >= 4 is 75.5 Å². The summed E-state index contributed by atoms with van der Waals surface area (Å²) in [5.74, 6) is -5.02. The van der Waals surface area contributed by atoms with Gasteiger partial charge in [-0.25, -0.2) is 9.97 Å². The van der Waals surface area contributed by atoms with Crippen molar-refractivity contribution in [2.24, 2.45) is 0 Å². The molecule has 0 aliphatic carbocycles. The largest absolute Gasteiger partial charge is 0.459 e. The summed E-state index contributed by atoms with van der Waals surface area (Å²) in [6.07, 6.45) is 2.38. The highest BCUT2D eigenvalue weighted by atomic mass is 35.5. The van der Waals surface area contributed by atoms with E-state index in [0.717, 1.165) is 19.2 Å². The molecule has 250 valence electrons. The van der Waals surface area contributed by atoms with E-state index >= 15 is 0 Å². The lowest BCUT2D eigenvalue weighted by molar-refractivity contribution is -0.153. The van der Waals surface area contributed by atoms with Crippen molar-refractivity contribution in [3.05, 3.63) is 56.0 Å². The number of aliphatic hydroxyl groups excluding tert-OH is 2. The van der Waals surface area contributed by atoms with Crippen LogP contribution in [0.15, 0.2) is 24.5 Å². The van der Waals surface area contributed by atoms with Gasteiger partial charge in [0.1, 0.15) is 10.3 Å². The third-order valence-electron chi connectivity index (χ3n) is 4.62. The molecular formula is C24H28Cl4F5N3O7S. The molecule has 0 radical (unpaired) electrons. The minimum Gasteiger partial charge on any atom is -0.459 e. The quantitative estimate of drug-likeness (QED) is 0.100. The molecule has 0 aliphatic heterocycles. The van der Waals surface area contributed by atoms with Crippen LogP contribution in [0.5, 0.6) is 0 Å². The van der Waals surface area contributed by atoms with Crippen LogP contribution in [-0.4, -0.2) is 81.7 Å². The number of hydrogen-bond donors (Lipinski definition) is 2. The average molecular weight is 739 g/mol. The lowest BCUT2D eigenvalue weighted by atomic mass is 10.1. The monoisotopic (exact) mass is 737 g/mol. The maximum Gasteiger partial charge on any atom is 0.308 e. The number of ketones is 1. The maximum absolute atomic E-state index is 13.4. The van der Waals surface area contributed by atoms with E-state index < -0.39 is 41.4 Å². The summed E-state index contributed by atoms with van der Waals surface area (Å²) in [4.78, 5) is 39.5. The Hall–Kier alpha value is -2.05. The second kappa shape index (κ2) is 20.9. The summed E-state index contributed by atoms with van der Waals surface area (Å²) in [5, 5.41) is 16.9. The van der Waals surface area contributed by atoms with Crippen molar-refractivity contribution in [1.82, 2.24) is 14.3 Å². The van der Waals surface area contributed by atoms with Gasteiger partial charge in [0.25, 0.3) is 11.4 Å². The number of esters is 2. The summed E-state index contributed by atoms with van der Waals surface area (Å²) in [7, 11) is 0. The Labute approximate surface area is 271 Å². The van der Waals surface area contributed by atoms with E-state index in [0.29, 0.717) is 4.31 Å². The number of halogens is 9. The second-order valence-corrected chi connectivity index (χ2v) is 11.0. The summed E-state index contributed by atoms with van der Waals surface area (Å²) in [6, 6.07) is 2.36. The van der Waals surface area contributed by atoms with E-state index in [1.807, 2.05) is 0 Å². The summed E-state index contributed by atoms with van der Waals surface area (Å²) in [5.41, 5.74) is -0.200. The molecule has 2 aromatic rings. The highest BCUT2D eigenvalue weighted by Gasteiger charge is 2.34. The molecule has 0 saturated carbocycles. The van der Waals surface area contributed by atoms with Crippen molar-refractivity contribution in [2.45, 2.75) is 32.6 Å². The maximum atomic E-state index is 13.4. The molecular weight excluding hydrogens is 711 g/mol. The topological polar surface area (TPSA) is 139 Å². The molecule has 44 heavy (non-hydrogen) atoms. The van der Waals surface area contributed by atoms with Gasteiger partial charge in [0.15, 0.2) is 13.2 Å². The number of aromatic nitrogens is 2. The molecule has 0 amide bonds. The number of alkyl halides is 2. The zero-order chi connectivity index (χ0) is 34.1. The van der Waals surface area contributed by atoms with Gasteiger partial charge >= 0.3 is 17.9 Å². The molecule has 0 unspecified atom stereocenters. The van der Waals surface area contributed by atoms with Gasteiger partial charge in [0.2, 0.25) is 5.78 Å². The Balaban J connectivity index is 0.000000635. The van der Waals surface area contributed by atoms with Crippen LogP contribution in [0.2, 0.25) is 20.4 Å². The van der Waals surface area contributed by atoms with Crippen LogP contribution >= 0.6 is 57.8 Å². The first kappa shape index (κ1) is 42.0. The summed E-state index contributed by atoms with van der Waals surface area (Å²) in [6.45, 7) is 0.0292. The van der Waals surface area contributed by atoms with E-state index in [4.69, 9.17) is 56.6 Å². The first-order chi connectivity index (χ1) is 20.3. The van der Waals surface area contributed by atoms with Crippen LogP contribution < -0.4 is 0 Å². The predicted octanol–water partition coefficient (Wildman–Crippen LogP) is 6.60. The molecule has 0 saturated heterocycles. The molecule has 0 atom stereocenters. The minimum absolute atomic E-state index is 0.0614. The van der Waals surface area contributed by atoms with Crippen LogP contribution in [-0.2, 0) is 25.0 Å². The average Bonchev–Trinajstić information content (AvgIpc) is 2.93. The molecule has 2 heterocycles. The molecule has 0 spiro atoms. The molecule has 10 nitrogen and oxygen atoms in total. The van der Waals surface area contributed by atoms with Gasteiger partial charge in [-0.15, -0.1) is 11.7 Å². The summed E-state index contributed by atoms with van der Waals surface area (Å²) >= 11 is 17.1. The molecule has 20 heteroatoms. The molecule has 0 fully saturated rings. The lowest BCUT2D eigenvalue weighted by Crippen LogP contribution is -2.25. The van der Waals surface area contributed by atoms with E-state index in [9.17, 15) is 34.8 Å². The second-order valence-electron chi connectivity index (χ2n) is 8.15. The number of aliphatic hydroxyl groups is 2. The Morgan fingerprint density at radius 3 is 1.75 bits per heavy atom. The number of hydrogen-bond acceptors (Lipinski definition) is 10. The molecule has 2 N–H and O–H groups in total. The SMILES string of the molecule is CC(=O)OCC(=O)c1cnc(Cl)c(Cl)c1.CC(=O)OCC(F)(F)c1cnc(Cl)c(Cl)c1.OCCCN(CCCO)S(F)(F)F. The lowest BCUT2D eigenvalue weighted by Gasteiger charge is -2.26. The van der Waals surface area contributed by atoms with Crippen molar-refractivity contribution in [3.8, 4) is 0 Å². The van der Waals surface area contributed by atoms with Crippen molar-refractivity contribution < 1.29 is 54.5 Å². The van der Waals surface area contributed by atoms with Crippen molar-refractivity contribution in [1.29, 1.82) is 0 Å². The fourth-order valence-corrected chi connectivity index (χ4v) is 3.75. The van der Waals surface area contributed by atoms with Crippen LogP contribution in [0.4, 0.5) is 20.4 Å². The zero-order valence-corrected chi connectivity index (χ0v) is 26.9. The highest BCUT2D eigenvalue weighted by Crippen LogP contribution is 2.56. The van der Waals surface area contributed by atoms with Crippen molar-refractivity contribution in [2.75, 3.05) is 39.5 Å². The highest BCUT2D eigenvalue weighted by molar-refractivity contribution is 8.18. The van der Waals surface area contributed by atoms with Gasteiger partial charge in [-0.05, 0) is 25.0 Å². The van der Waals surface area contributed by atoms with Crippen LogP contribution in [0.1, 0.15) is 42.6 Å². The van der Waals surface area contributed by atoms with E-state index in [1.54, 1.807) is 0 Å². The van der Waals surface area contributed by atoms with Gasteiger partial charge in [0, 0.05) is 63.7 Å². The third kappa shape index (κ3) is 17.4. The van der Waals surface area contributed by atoms with Gasteiger partial charge < -0.3 is 19.7 Å². The number of rotatable bonds is 13. The normalized spacial score (nSPS) is 11.5. The third-order valence-corrected chi connectivity index (χ3v) is 6.95. The molecule has 2 aromatic heterocycles. The Bertz CT molecular complexity index is 1230. The fraction of sp³-hybridized carbons (Fsp3) is 0.458. The standard InChI is InChI=1S/C9H7Cl2F2NO2.C9H7Cl2NO3.C6H14F3NO2S/c1-5(15)16-4-9(12,13)6-2-7(10)8(11)14-3-6;1-5(13)15-4-8(14)6-2-7(10)9(11)12-3-6;7-13(8,9)10(3-1-5-11)4-2-6-12/h2-3H,4H2,1H3;2-3H,4H2,1H3;11-12H,1-6H2. The Morgan fingerprint density at radius 2 is 1.34 bits per heavy atom. The van der Waals surface area contributed by atoms with Crippen LogP contribution in [0.25, 0.3) is 0 Å².